The van der Waals surface area contributed by atoms with Crippen LogP contribution in [0.1, 0.15) is 11.1 Å². The number of rotatable bonds is 2. The molecule has 1 aliphatic rings. The number of aliphatic imine (C=N–C) groups is 1. The van der Waals surface area contributed by atoms with E-state index >= 15 is 0 Å². The minimum Gasteiger partial charge on any atom is -0.328 e. The Bertz CT molecular complexity index is 1210. The number of nitrogens with zero attached hydrogens (tertiary/aromatic N) is 2. The largest absolute Gasteiger partial charge is 0.328 e. The normalized spacial score (nSPS) is 13.1. The summed E-state index contributed by atoms with van der Waals surface area (Å²) in [5, 5.41) is 4.83. The van der Waals surface area contributed by atoms with Crippen LogP contribution in [-0.2, 0) is 0 Å². The molecule has 0 amide bonds. The minimum atomic E-state index is 0.969. The van der Waals surface area contributed by atoms with E-state index in [2.05, 4.69) is 91.3 Å². The molecule has 5 rings (SSSR count). The van der Waals surface area contributed by atoms with Crippen LogP contribution >= 0.6 is 0 Å². The second-order valence-electron chi connectivity index (χ2n) is 6.60. The van der Waals surface area contributed by atoms with Gasteiger partial charge >= 0.3 is 0 Å². The molecule has 0 atom stereocenters. The van der Waals surface area contributed by atoms with E-state index in [1.807, 2.05) is 6.08 Å². The maximum absolute atomic E-state index is 5.05. The van der Waals surface area contributed by atoms with Gasteiger partial charge in [0.25, 0.3) is 0 Å². The molecule has 4 aromatic carbocycles. The van der Waals surface area contributed by atoms with Crippen LogP contribution in [-0.4, -0.2) is 12.9 Å². The first-order chi connectivity index (χ1) is 12.8. The Morgan fingerprint density at radius 3 is 2.23 bits per heavy atom. The minimum absolute atomic E-state index is 0.969. The van der Waals surface area contributed by atoms with E-state index in [9.17, 15) is 0 Å². The summed E-state index contributed by atoms with van der Waals surface area (Å²) in [7, 11) is 2.10. The monoisotopic (exact) mass is 334 g/mol. The molecule has 26 heavy (non-hydrogen) atoms. The quantitative estimate of drug-likeness (QED) is 0.428. The van der Waals surface area contributed by atoms with Crippen LogP contribution in [0, 0.1) is 0 Å². The Hall–Kier alpha value is -3.39. The summed E-state index contributed by atoms with van der Waals surface area (Å²) < 4.78 is 0. The third kappa shape index (κ3) is 2.02. The van der Waals surface area contributed by atoms with Gasteiger partial charge in [0, 0.05) is 18.0 Å². The van der Waals surface area contributed by atoms with E-state index in [-0.39, 0.29) is 0 Å². The highest BCUT2D eigenvalue weighted by atomic mass is 15.2. The van der Waals surface area contributed by atoms with Crippen LogP contribution in [0.2, 0.25) is 0 Å². The summed E-state index contributed by atoms with van der Waals surface area (Å²) in [6.45, 7) is 4.00. The summed E-state index contributed by atoms with van der Waals surface area (Å²) in [5.74, 6) is 0.969. The summed E-state index contributed by atoms with van der Waals surface area (Å²) in [5.41, 5.74) is 4.48. The molecule has 0 saturated carbocycles. The van der Waals surface area contributed by atoms with Crippen LogP contribution in [0.25, 0.3) is 27.6 Å². The highest BCUT2D eigenvalue weighted by molar-refractivity contribution is 6.24. The number of fused-ring (bicyclic) bond motifs is 1. The van der Waals surface area contributed by atoms with E-state index in [0.29, 0.717) is 0 Å². The molecule has 0 saturated heterocycles. The van der Waals surface area contributed by atoms with Gasteiger partial charge in [-0.2, -0.15) is 0 Å². The molecule has 1 heterocycles. The van der Waals surface area contributed by atoms with Crippen LogP contribution in [0.4, 0.5) is 11.4 Å². The molecule has 0 fully saturated rings. The van der Waals surface area contributed by atoms with Crippen molar-refractivity contribution in [3.05, 3.63) is 90.5 Å². The third-order valence-corrected chi connectivity index (χ3v) is 5.16. The smallest absolute Gasteiger partial charge is 0.141 e. The third-order valence-electron chi connectivity index (χ3n) is 5.16. The molecule has 0 bridgehead atoms. The van der Waals surface area contributed by atoms with Gasteiger partial charge < -0.3 is 4.90 Å². The zero-order valence-electron chi connectivity index (χ0n) is 14.6. The van der Waals surface area contributed by atoms with Gasteiger partial charge in [-0.1, -0.05) is 73.3 Å². The molecule has 0 radical (unpaired) electrons. The second-order valence-corrected chi connectivity index (χ2v) is 6.60. The predicted octanol–water partition coefficient (Wildman–Crippen LogP) is 6.16. The van der Waals surface area contributed by atoms with Crippen molar-refractivity contribution in [3.63, 3.8) is 0 Å². The van der Waals surface area contributed by atoms with Crippen molar-refractivity contribution >= 4 is 44.8 Å². The van der Waals surface area contributed by atoms with Gasteiger partial charge in [-0.3, -0.25) is 0 Å². The van der Waals surface area contributed by atoms with E-state index in [1.165, 1.54) is 27.2 Å². The lowest BCUT2D eigenvalue weighted by Crippen LogP contribution is -2.29. The highest BCUT2D eigenvalue weighted by Gasteiger charge is 2.22. The Kier molecular flexibility index (Phi) is 3.19. The molecule has 2 nitrogen and oxygen atoms in total. The lowest BCUT2D eigenvalue weighted by atomic mass is 9.96. The predicted molar refractivity (Wildman–Crippen MR) is 113 cm³/mol. The maximum Gasteiger partial charge on any atom is 0.141 e. The molecule has 0 aromatic heterocycles. The highest BCUT2D eigenvalue weighted by Crippen LogP contribution is 2.40. The number of anilines is 1. The number of hydrogen-bond donors (Lipinski definition) is 0. The molecule has 0 N–H and O–H groups in total. The van der Waals surface area contributed by atoms with Crippen LogP contribution in [0.15, 0.2) is 84.4 Å². The van der Waals surface area contributed by atoms with Gasteiger partial charge in [0.1, 0.15) is 5.84 Å². The number of amidine groups is 1. The van der Waals surface area contributed by atoms with Gasteiger partial charge in [0.05, 0.1) is 11.4 Å². The summed E-state index contributed by atoms with van der Waals surface area (Å²) in [4.78, 5) is 7.25. The first-order valence-electron chi connectivity index (χ1n) is 8.76. The Morgan fingerprint density at radius 2 is 1.46 bits per heavy atom. The van der Waals surface area contributed by atoms with E-state index in [1.54, 1.807) is 0 Å². The van der Waals surface area contributed by atoms with Crippen molar-refractivity contribution in [2.75, 3.05) is 11.9 Å². The lowest BCUT2D eigenvalue weighted by Gasteiger charge is -2.28. The van der Waals surface area contributed by atoms with Gasteiger partial charge in [0.2, 0.25) is 0 Å². The number of hydrogen-bond acceptors (Lipinski definition) is 2. The fourth-order valence-corrected chi connectivity index (χ4v) is 3.94. The molecule has 124 valence electrons. The van der Waals surface area contributed by atoms with Crippen molar-refractivity contribution in [3.8, 4) is 0 Å². The fraction of sp³-hybridized carbons (Fsp3) is 0.0417. The van der Waals surface area contributed by atoms with Crippen LogP contribution in [0.5, 0.6) is 0 Å². The Morgan fingerprint density at radius 1 is 0.808 bits per heavy atom. The lowest BCUT2D eigenvalue weighted by molar-refractivity contribution is 1.24. The van der Waals surface area contributed by atoms with Crippen molar-refractivity contribution in [1.29, 1.82) is 0 Å². The summed E-state index contributed by atoms with van der Waals surface area (Å²) in [6, 6.07) is 25.5. The van der Waals surface area contributed by atoms with Crippen molar-refractivity contribution in [2.24, 2.45) is 4.99 Å². The zero-order valence-corrected chi connectivity index (χ0v) is 14.6. The summed E-state index contributed by atoms with van der Waals surface area (Å²) in [6.07, 6.45) is 1.92. The second kappa shape index (κ2) is 5.57. The van der Waals surface area contributed by atoms with E-state index < -0.39 is 0 Å². The fourth-order valence-electron chi connectivity index (χ4n) is 3.94. The molecule has 2 heteroatoms. The van der Waals surface area contributed by atoms with E-state index in [4.69, 9.17) is 4.99 Å². The van der Waals surface area contributed by atoms with Crippen molar-refractivity contribution < 1.29 is 0 Å². The molecule has 1 aliphatic heterocycles. The van der Waals surface area contributed by atoms with Gasteiger partial charge in [-0.15, -0.1) is 0 Å². The van der Waals surface area contributed by atoms with Gasteiger partial charge in [0.15, 0.2) is 0 Å². The molecule has 0 aliphatic carbocycles. The molecule has 0 unspecified atom stereocenters. The standard InChI is InChI=1S/C24H18N2/c1-3-16-8-4-9-17-10-5-13-19(22(16)17)24-25-20-14-6-11-18-12-7-15-21(23(18)20)26(24)2/h3-15H,1H2,2H3. The van der Waals surface area contributed by atoms with Crippen molar-refractivity contribution in [1.82, 2.24) is 0 Å². The molecule has 0 spiro atoms. The summed E-state index contributed by atoms with van der Waals surface area (Å²) >= 11 is 0. The van der Waals surface area contributed by atoms with Crippen LogP contribution in [0.3, 0.4) is 0 Å². The maximum atomic E-state index is 5.05. The number of benzene rings is 4. The van der Waals surface area contributed by atoms with E-state index in [0.717, 1.165) is 22.6 Å². The van der Waals surface area contributed by atoms with Crippen LogP contribution < -0.4 is 4.90 Å². The molecule has 4 aromatic rings. The SMILES string of the molecule is C=Cc1cccc2cccc(C3=Nc4cccc5cccc(c45)N3C)c12. The first-order valence-corrected chi connectivity index (χ1v) is 8.76. The zero-order chi connectivity index (χ0) is 17.7. The Labute approximate surface area is 152 Å². The average Bonchev–Trinajstić information content (AvgIpc) is 2.70. The van der Waals surface area contributed by atoms with Crippen molar-refractivity contribution in [2.45, 2.75) is 0 Å². The molecular formula is C24H18N2. The van der Waals surface area contributed by atoms with Gasteiger partial charge in [-0.05, 0) is 33.9 Å². The topological polar surface area (TPSA) is 15.6 Å². The van der Waals surface area contributed by atoms with Gasteiger partial charge in [-0.25, -0.2) is 4.99 Å². The molecular weight excluding hydrogens is 316 g/mol. The average molecular weight is 334 g/mol. The first kappa shape index (κ1) is 14.9. The Balaban J connectivity index is 1.85.